The number of nitrogens with zero attached hydrogens (tertiary/aromatic N) is 3. The minimum atomic E-state index is -0.0992. The Labute approximate surface area is 182 Å². The summed E-state index contributed by atoms with van der Waals surface area (Å²) in [6, 6.07) is 19.4. The highest BCUT2D eigenvalue weighted by atomic mass is 32.2. The molecule has 2 heterocycles. The molecule has 6 nitrogen and oxygen atoms in total. The number of carbonyl (C=O) groups is 1. The Morgan fingerprint density at radius 2 is 2.00 bits per heavy atom. The summed E-state index contributed by atoms with van der Waals surface area (Å²) in [5, 5.41) is 14.3. The Morgan fingerprint density at radius 3 is 2.77 bits per heavy atom. The molecule has 4 aromatic rings. The number of hydrogen-bond donors (Lipinski definition) is 1. The van der Waals surface area contributed by atoms with Gasteiger partial charge in [0.15, 0.2) is 11.0 Å². The third kappa shape index (κ3) is 4.39. The summed E-state index contributed by atoms with van der Waals surface area (Å²) < 4.78 is 7.49. The van der Waals surface area contributed by atoms with Crippen LogP contribution < -0.4 is 10.1 Å². The number of ether oxygens (including phenoxy) is 1. The smallest absolute Gasteiger partial charge is 0.234 e. The van der Waals surface area contributed by atoms with Crippen molar-refractivity contribution in [3.05, 3.63) is 71.6 Å². The molecule has 0 fully saturated rings. The zero-order valence-electron chi connectivity index (χ0n) is 16.5. The van der Waals surface area contributed by atoms with Crippen LogP contribution in [0.5, 0.6) is 5.75 Å². The molecule has 8 heteroatoms. The van der Waals surface area contributed by atoms with Crippen LogP contribution in [0, 0.1) is 6.92 Å². The van der Waals surface area contributed by atoms with Crippen molar-refractivity contribution < 1.29 is 9.53 Å². The molecular formula is C22H20N4O2S2. The number of para-hydroxylation sites is 2. The summed E-state index contributed by atoms with van der Waals surface area (Å²) in [5.41, 5.74) is 2.71. The minimum absolute atomic E-state index is 0.0992. The molecule has 152 valence electrons. The van der Waals surface area contributed by atoms with Gasteiger partial charge in [-0.1, -0.05) is 42.1 Å². The van der Waals surface area contributed by atoms with Crippen LogP contribution in [0.15, 0.2) is 71.2 Å². The number of hydrogen-bond acceptors (Lipinski definition) is 6. The van der Waals surface area contributed by atoms with Crippen LogP contribution in [-0.4, -0.2) is 33.5 Å². The monoisotopic (exact) mass is 436 g/mol. The Bertz CT molecular complexity index is 1160. The van der Waals surface area contributed by atoms with Crippen LogP contribution in [0.3, 0.4) is 0 Å². The van der Waals surface area contributed by atoms with Crippen LogP contribution in [-0.2, 0) is 4.79 Å². The van der Waals surface area contributed by atoms with Gasteiger partial charge < -0.3 is 10.1 Å². The van der Waals surface area contributed by atoms with Gasteiger partial charge in [0.25, 0.3) is 0 Å². The van der Waals surface area contributed by atoms with E-state index in [0.29, 0.717) is 10.9 Å². The van der Waals surface area contributed by atoms with Crippen molar-refractivity contribution in [3.63, 3.8) is 0 Å². The Balaban J connectivity index is 1.61. The van der Waals surface area contributed by atoms with Gasteiger partial charge in [-0.05, 0) is 48.2 Å². The molecule has 0 aliphatic rings. The molecule has 0 aliphatic heterocycles. The van der Waals surface area contributed by atoms with E-state index in [0.717, 1.165) is 27.6 Å². The van der Waals surface area contributed by atoms with Gasteiger partial charge in [0, 0.05) is 5.69 Å². The lowest BCUT2D eigenvalue weighted by molar-refractivity contribution is -0.113. The summed E-state index contributed by atoms with van der Waals surface area (Å²) in [6.07, 6.45) is 0. The first kappa shape index (κ1) is 20.2. The third-order valence-electron chi connectivity index (χ3n) is 4.34. The van der Waals surface area contributed by atoms with E-state index in [2.05, 4.69) is 15.5 Å². The maximum absolute atomic E-state index is 12.5. The molecule has 0 radical (unpaired) electrons. The number of carbonyl (C=O) groups excluding carboxylic acids is 1. The van der Waals surface area contributed by atoms with Crippen LogP contribution in [0.2, 0.25) is 0 Å². The van der Waals surface area contributed by atoms with Crippen LogP contribution in [0.4, 0.5) is 5.69 Å². The Hall–Kier alpha value is -3.10. The van der Waals surface area contributed by atoms with E-state index in [1.54, 1.807) is 18.4 Å². The first-order valence-corrected chi connectivity index (χ1v) is 11.1. The fourth-order valence-corrected chi connectivity index (χ4v) is 4.45. The number of thioether (sulfide) groups is 1. The van der Waals surface area contributed by atoms with Gasteiger partial charge in [-0.25, -0.2) is 0 Å². The zero-order valence-corrected chi connectivity index (χ0v) is 18.2. The van der Waals surface area contributed by atoms with Crippen molar-refractivity contribution in [3.8, 4) is 22.1 Å². The fourth-order valence-electron chi connectivity index (χ4n) is 3.01. The number of rotatable bonds is 7. The van der Waals surface area contributed by atoms with Crippen molar-refractivity contribution >= 4 is 34.7 Å². The lowest BCUT2D eigenvalue weighted by Crippen LogP contribution is -2.14. The maximum atomic E-state index is 12.5. The van der Waals surface area contributed by atoms with Gasteiger partial charge >= 0.3 is 0 Å². The Morgan fingerprint density at radius 1 is 1.13 bits per heavy atom. The quantitative estimate of drug-likeness (QED) is 0.411. The van der Waals surface area contributed by atoms with Crippen molar-refractivity contribution in [2.45, 2.75) is 12.1 Å². The number of benzene rings is 2. The average molecular weight is 437 g/mol. The largest absolute Gasteiger partial charge is 0.495 e. The van der Waals surface area contributed by atoms with Gasteiger partial charge in [0.2, 0.25) is 5.91 Å². The number of nitrogens with one attached hydrogen (secondary N) is 1. The number of thiophene rings is 1. The molecule has 0 aliphatic carbocycles. The highest BCUT2D eigenvalue weighted by molar-refractivity contribution is 7.99. The van der Waals surface area contributed by atoms with E-state index in [4.69, 9.17) is 4.74 Å². The predicted octanol–water partition coefficient (Wildman–Crippen LogP) is 5.04. The maximum Gasteiger partial charge on any atom is 0.234 e. The highest BCUT2D eigenvalue weighted by Gasteiger charge is 2.20. The number of aryl methyl sites for hydroxylation is 1. The van der Waals surface area contributed by atoms with E-state index in [-0.39, 0.29) is 11.7 Å². The Kier molecular flexibility index (Phi) is 6.15. The van der Waals surface area contributed by atoms with Gasteiger partial charge in [0.1, 0.15) is 5.75 Å². The standard InChI is InChI=1S/C22H20N4O2S2/c1-15-7-5-8-16(13-15)23-20(27)14-30-22-25-24-21(19-11-6-12-29-19)26(22)17-9-3-4-10-18(17)28-2/h3-13H,14H2,1-2H3,(H,23,27). The molecule has 0 unspecified atom stereocenters. The number of aromatic nitrogens is 3. The van der Waals surface area contributed by atoms with E-state index in [1.165, 1.54) is 11.8 Å². The molecule has 2 aromatic heterocycles. The molecule has 0 saturated carbocycles. The van der Waals surface area contributed by atoms with Gasteiger partial charge in [-0.2, -0.15) is 0 Å². The topological polar surface area (TPSA) is 69.0 Å². The fraction of sp³-hybridized carbons (Fsp3) is 0.136. The third-order valence-corrected chi connectivity index (χ3v) is 6.13. The summed E-state index contributed by atoms with van der Waals surface area (Å²) in [5.74, 6) is 1.54. The zero-order chi connectivity index (χ0) is 20.9. The van der Waals surface area contributed by atoms with Crippen molar-refractivity contribution in [2.75, 3.05) is 18.2 Å². The van der Waals surface area contributed by atoms with Crippen molar-refractivity contribution in [1.29, 1.82) is 0 Å². The molecule has 0 saturated heterocycles. The SMILES string of the molecule is COc1ccccc1-n1c(SCC(=O)Nc2cccc(C)c2)nnc1-c1cccs1. The van der Waals surface area contributed by atoms with Gasteiger partial charge in [-0.3, -0.25) is 9.36 Å². The highest BCUT2D eigenvalue weighted by Crippen LogP contribution is 2.34. The number of methoxy groups -OCH3 is 1. The second-order valence-corrected chi connectivity index (χ2v) is 8.39. The lowest BCUT2D eigenvalue weighted by Gasteiger charge is -2.13. The average Bonchev–Trinajstić information content (AvgIpc) is 3.42. The second kappa shape index (κ2) is 9.15. The molecule has 0 spiro atoms. The van der Waals surface area contributed by atoms with E-state index >= 15 is 0 Å². The molecule has 1 amide bonds. The molecule has 2 aromatic carbocycles. The second-order valence-electron chi connectivity index (χ2n) is 6.50. The van der Waals surface area contributed by atoms with Gasteiger partial charge in [0.05, 0.1) is 23.4 Å². The molecule has 30 heavy (non-hydrogen) atoms. The first-order valence-electron chi connectivity index (χ1n) is 9.27. The summed E-state index contributed by atoms with van der Waals surface area (Å²) in [4.78, 5) is 13.5. The lowest BCUT2D eigenvalue weighted by atomic mass is 10.2. The molecule has 4 rings (SSSR count). The van der Waals surface area contributed by atoms with Crippen molar-refractivity contribution in [1.82, 2.24) is 14.8 Å². The van der Waals surface area contributed by atoms with Crippen LogP contribution >= 0.6 is 23.1 Å². The normalized spacial score (nSPS) is 10.7. The predicted molar refractivity (Wildman–Crippen MR) is 122 cm³/mol. The van der Waals surface area contributed by atoms with Gasteiger partial charge in [-0.15, -0.1) is 21.5 Å². The molecule has 0 atom stereocenters. The summed E-state index contributed by atoms with van der Waals surface area (Å²) in [6.45, 7) is 1.99. The van der Waals surface area contributed by atoms with E-state index < -0.39 is 0 Å². The van der Waals surface area contributed by atoms with Crippen molar-refractivity contribution in [2.24, 2.45) is 0 Å². The summed E-state index contributed by atoms with van der Waals surface area (Å²) in [7, 11) is 1.64. The first-order chi connectivity index (χ1) is 14.7. The number of anilines is 1. The summed E-state index contributed by atoms with van der Waals surface area (Å²) >= 11 is 2.92. The van der Waals surface area contributed by atoms with Crippen LogP contribution in [0.1, 0.15) is 5.56 Å². The van der Waals surface area contributed by atoms with Crippen LogP contribution in [0.25, 0.3) is 16.4 Å². The van der Waals surface area contributed by atoms with E-state index in [1.807, 2.05) is 77.5 Å². The number of amides is 1. The molecule has 1 N–H and O–H groups in total. The minimum Gasteiger partial charge on any atom is -0.495 e. The van der Waals surface area contributed by atoms with E-state index in [9.17, 15) is 4.79 Å². The molecular weight excluding hydrogens is 416 g/mol. The molecule has 0 bridgehead atoms.